The summed E-state index contributed by atoms with van der Waals surface area (Å²) in [7, 11) is 0. The fraction of sp³-hybridized carbons (Fsp3) is 0.231. The highest BCUT2D eigenvalue weighted by Gasteiger charge is 2.20. The van der Waals surface area contributed by atoms with Crippen molar-refractivity contribution in [3.63, 3.8) is 0 Å². The molecule has 0 saturated carbocycles. The molecule has 0 bridgehead atoms. The summed E-state index contributed by atoms with van der Waals surface area (Å²) in [6, 6.07) is 23.2. The monoisotopic (exact) mass is 430 g/mol. The Morgan fingerprint density at radius 3 is 2.34 bits per heavy atom. The van der Waals surface area contributed by atoms with E-state index < -0.39 is 6.09 Å². The van der Waals surface area contributed by atoms with Crippen molar-refractivity contribution >= 4 is 17.5 Å². The number of carbonyl (C=O) groups is 1. The molecule has 0 radical (unpaired) electrons. The van der Waals surface area contributed by atoms with Gasteiger partial charge in [-0.15, -0.1) is 0 Å². The van der Waals surface area contributed by atoms with Crippen LogP contribution in [0.1, 0.15) is 28.8 Å². The number of ether oxygens (including phenoxy) is 2. The number of amides is 1. The molecule has 6 heteroatoms. The maximum absolute atomic E-state index is 12.0. The van der Waals surface area contributed by atoms with E-state index in [9.17, 15) is 9.90 Å². The van der Waals surface area contributed by atoms with Gasteiger partial charge in [0.15, 0.2) is 0 Å². The van der Waals surface area contributed by atoms with E-state index in [1.807, 2.05) is 66.7 Å². The zero-order chi connectivity index (χ0) is 22.2. The van der Waals surface area contributed by atoms with Gasteiger partial charge < -0.3 is 14.6 Å². The molecular weight excluding hydrogens is 404 g/mol. The summed E-state index contributed by atoms with van der Waals surface area (Å²) in [5.41, 5.74) is 4.83. The van der Waals surface area contributed by atoms with Crippen LogP contribution in [-0.4, -0.2) is 29.4 Å². The van der Waals surface area contributed by atoms with Crippen LogP contribution in [0.15, 0.2) is 78.9 Å². The SMILES string of the molecule is O=C(O)N(Cc1ccccc1)c1ccc(C2=CCOCC2)c(COCc2ccccc2)n1. The molecule has 0 unspecified atom stereocenters. The van der Waals surface area contributed by atoms with Crippen molar-refractivity contribution in [2.24, 2.45) is 0 Å². The minimum Gasteiger partial charge on any atom is -0.465 e. The summed E-state index contributed by atoms with van der Waals surface area (Å²) in [4.78, 5) is 18.0. The zero-order valence-corrected chi connectivity index (χ0v) is 17.8. The molecule has 6 nitrogen and oxygen atoms in total. The lowest BCUT2D eigenvalue weighted by Gasteiger charge is -2.22. The number of aromatic nitrogens is 1. The van der Waals surface area contributed by atoms with Crippen molar-refractivity contribution < 1.29 is 19.4 Å². The molecular formula is C26H26N2O4. The zero-order valence-electron chi connectivity index (χ0n) is 17.8. The van der Waals surface area contributed by atoms with E-state index in [1.165, 1.54) is 4.90 Å². The third-order valence-corrected chi connectivity index (χ3v) is 5.31. The number of carboxylic acid groups (broad SMARTS) is 1. The van der Waals surface area contributed by atoms with Gasteiger partial charge in [-0.25, -0.2) is 9.78 Å². The van der Waals surface area contributed by atoms with Gasteiger partial charge in [-0.3, -0.25) is 4.90 Å². The van der Waals surface area contributed by atoms with Crippen LogP contribution in [0.25, 0.3) is 5.57 Å². The number of pyridine rings is 1. The minimum absolute atomic E-state index is 0.226. The van der Waals surface area contributed by atoms with Crippen molar-refractivity contribution in [3.8, 4) is 0 Å². The van der Waals surface area contributed by atoms with Gasteiger partial charge >= 0.3 is 6.09 Å². The van der Waals surface area contributed by atoms with Gasteiger partial charge in [-0.1, -0.05) is 66.7 Å². The summed E-state index contributed by atoms with van der Waals surface area (Å²) < 4.78 is 11.4. The van der Waals surface area contributed by atoms with Gasteiger partial charge in [0.05, 0.1) is 38.7 Å². The molecule has 1 N–H and O–H groups in total. The second-order valence-corrected chi connectivity index (χ2v) is 7.55. The van der Waals surface area contributed by atoms with Gasteiger partial charge in [0.1, 0.15) is 5.82 Å². The highest BCUT2D eigenvalue weighted by atomic mass is 16.5. The van der Waals surface area contributed by atoms with Crippen LogP contribution < -0.4 is 4.90 Å². The Kier molecular flexibility index (Phi) is 7.27. The van der Waals surface area contributed by atoms with Crippen molar-refractivity contribution in [2.45, 2.75) is 26.2 Å². The van der Waals surface area contributed by atoms with Gasteiger partial charge in [0.2, 0.25) is 0 Å². The van der Waals surface area contributed by atoms with Crippen molar-refractivity contribution in [1.82, 2.24) is 4.98 Å². The number of anilines is 1. The number of nitrogens with zero attached hydrogens (tertiary/aromatic N) is 2. The molecule has 0 atom stereocenters. The van der Waals surface area contributed by atoms with Crippen LogP contribution in [-0.2, 0) is 29.2 Å². The van der Waals surface area contributed by atoms with Gasteiger partial charge in [-0.05, 0) is 35.3 Å². The lowest BCUT2D eigenvalue weighted by atomic mass is 10.00. The molecule has 3 aromatic rings. The Morgan fingerprint density at radius 2 is 1.69 bits per heavy atom. The number of rotatable bonds is 8. The first kappa shape index (κ1) is 21.7. The molecule has 2 heterocycles. The molecule has 0 saturated heterocycles. The van der Waals surface area contributed by atoms with Crippen LogP contribution >= 0.6 is 0 Å². The number of benzene rings is 2. The molecule has 1 aliphatic rings. The highest BCUT2D eigenvalue weighted by molar-refractivity contribution is 5.85. The van der Waals surface area contributed by atoms with E-state index in [4.69, 9.17) is 14.5 Å². The van der Waals surface area contributed by atoms with Crippen LogP contribution in [0.4, 0.5) is 10.6 Å². The number of hydrogen-bond acceptors (Lipinski definition) is 4. The fourth-order valence-corrected chi connectivity index (χ4v) is 3.67. The Balaban J connectivity index is 1.60. The molecule has 1 aromatic heterocycles. The molecule has 32 heavy (non-hydrogen) atoms. The van der Waals surface area contributed by atoms with Crippen LogP contribution in [0.3, 0.4) is 0 Å². The lowest BCUT2D eigenvalue weighted by molar-refractivity contribution is 0.104. The van der Waals surface area contributed by atoms with Crippen molar-refractivity contribution in [2.75, 3.05) is 18.1 Å². The smallest absolute Gasteiger partial charge is 0.413 e. The average molecular weight is 431 g/mol. The second-order valence-electron chi connectivity index (χ2n) is 7.55. The van der Waals surface area contributed by atoms with Gasteiger partial charge in [-0.2, -0.15) is 0 Å². The predicted octanol–water partition coefficient (Wildman–Crippen LogP) is 5.29. The van der Waals surface area contributed by atoms with Crippen LogP contribution in [0.2, 0.25) is 0 Å². The van der Waals surface area contributed by atoms with Crippen molar-refractivity contribution in [3.05, 3.63) is 101 Å². The Labute approximate surface area is 187 Å². The molecule has 1 aliphatic heterocycles. The van der Waals surface area contributed by atoms with Gasteiger partial charge in [0, 0.05) is 5.56 Å². The third-order valence-electron chi connectivity index (χ3n) is 5.31. The van der Waals surface area contributed by atoms with E-state index in [-0.39, 0.29) is 13.2 Å². The molecule has 0 aliphatic carbocycles. The van der Waals surface area contributed by atoms with E-state index in [0.29, 0.717) is 25.6 Å². The molecule has 2 aromatic carbocycles. The first-order valence-corrected chi connectivity index (χ1v) is 10.6. The Bertz CT molecular complexity index is 1070. The third kappa shape index (κ3) is 5.60. The van der Waals surface area contributed by atoms with Crippen LogP contribution in [0.5, 0.6) is 0 Å². The molecule has 1 amide bonds. The first-order valence-electron chi connectivity index (χ1n) is 10.6. The summed E-state index contributed by atoms with van der Waals surface area (Å²) in [6.07, 6.45) is 1.80. The molecule has 164 valence electrons. The Morgan fingerprint density at radius 1 is 0.969 bits per heavy atom. The summed E-state index contributed by atoms with van der Waals surface area (Å²) in [6.45, 7) is 2.20. The fourth-order valence-electron chi connectivity index (χ4n) is 3.67. The van der Waals surface area contributed by atoms with E-state index in [0.717, 1.165) is 34.4 Å². The maximum atomic E-state index is 12.0. The minimum atomic E-state index is -1.05. The van der Waals surface area contributed by atoms with Crippen molar-refractivity contribution in [1.29, 1.82) is 0 Å². The van der Waals surface area contributed by atoms with Gasteiger partial charge in [0.25, 0.3) is 0 Å². The summed E-state index contributed by atoms with van der Waals surface area (Å²) in [5, 5.41) is 9.85. The Hall–Kier alpha value is -3.48. The normalized spacial score (nSPS) is 13.4. The van der Waals surface area contributed by atoms with E-state index in [2.05, 4.69) is 6.08 Å². The summed E-state index contributed by atoms with van der Waals surface area (Å²) >= 11 is 0. The lowest BCUT2D eigenvalue weighted by Crippen LogP contribution is -2.29. The first-order chi connectivity index (χ1) is 15.7. The van der Waals surface area contributed by atoms with E-state index >= 15 is 0 Å². The highest BCUT2D eigenvalue weighted by Crippen LogP contribution is 2.27. The molecule has 0 fully saturated rings. The standard InChI is InChI=1S/C26H26N2O4/c29-26(30)28(17-20-7-3-1-4-8-20)25-12-11-23(22-13-15-31-16-14-22)24(27-25)19-32-18-21-9-5-2-6-10-21/h1-13H,14-19H2,(H,29,30). The predicted molar refractivity (Wildman–Crippen MR) is 123 cm³/mol. The maximum Gasteiger partial charge on any atom is 0.413 e. The van der Waals surface area contributed by atoms with Crippen LogP contribution in [0, 0.1) is 0 Å². The average Bonchev–Trinajstić information content (AvgIpc) is 2.84. The second kappa shape index (κ2) is 10.7. The van der Waals surface area contributed by atoms with E-state index in [1.54, 1.807) is 6.07 Å². The topological polar surface area (TPSA) is 71.9 Å². The number of hydrogen-bond donors (Lipinski definition) is 1. The largest absolute Gasteiger partial charge is 0.465 e. The molecule has 0 spiro atoms. The molecule has 4 rings (SSSR count). The quantitative estimate of drug-likeness (QED) is 0.526. The summed E-state index contributed by atoms with van der Waals surface area (Å²) in [5.74, 6) is 0.385.